The van der Waals surface area contributed by atoms with Crippen molar-refractivity contribution in [2.75, 3.05) is 9.80 Å². The first kappa shape index (κ1) is 46.4. The molecule has 9 aromatic rings. The van der Waals surface area contributed by atoms with Gasteiger partial charge in [0.25, 0.3) is 0 Å². The van der Waals surface area contributed by atoms with Crippen LogP contribution in [0.25, 0.3) is 43.5 Å². The highest BCUT2D eigenvalue weighted by atomic mass is 127. The Bertz CT molecular complexity index is 3540. The summed E-state index contributed by atoms with van der Waals surface area (Å²) >= 11 is 4.55. The van der Waals surface area contributed by atoms with Crippen molar-refractivity contribution in [1.29, 1.82) is 0 Å². The van der Waals surface area contributed by atoms with Crippen LogP contribution < -0.4 is 9.80 Å². The molecule has 8 aromatic carbocycles. The molecule has 0 bridgehead atoms. The fraction of sp³-hybridized carbons (Fsp3) is 0.242. The summed E-state index contributed by atoms with van der Waals surface area (Å²) in [6.45, 7) is 28.1. The molecule has 2 aliphatic carbocycles. The van der Waals surface area contributed by atoms with Gasteiger partial charge in [-0.25, -0.2) is 0 Å². The molecule has 11 rings (SSSR count). The molecule has 1 aromatic heterocycles. The molecular formula is C66H63IN2S. The summed E-state index contributed by atoms with van der Waals surface area (Å²) in [7, 11) is 0. The van der Waals surface area contributed by atoms with Crippen molar-refractivity contribution < 1.29 is 0 Å². The average Bonchev–Trinajstić information content (AvgIpc) is 3.87. The van der Waals surface area contributed by atoms with Gasteiger partial charge in [0.15, 0.2) is 0 Å². The maximum atomic E-state index is 2.64. The summed E-state index contributed by atoms with van der Waals surface area (Å²) in [5.41, 5.74) is 25.0. The molecule has 0 amide bonds. The van der Waals surface area contributed by atoms with Crippen molar-refractivity contribution in [3.8, 4) is 33.4 Å². The molecule has 0 saturated heterocycles. The summed E-state index contributed by atoms with van der Waals surface area (Å²) < 4.78 is 2.57. The highest BCUT2D eigenvalue weighted by Gasteiger charge is 2.40. The third kappa shape index (κ3) is 7.38. The fourth-order valence-corrected chi connectivity index (χ4v) is 13.8. The topological polar surface area (TPSA) is 6.48 Å². The van der Waals surface area contributed by atoms with Gasteiger partial charge in [-0.1, -0.05) is 184 Å². The normalized spacial score (nSPS) is 14.3. The lowest BCUT2D eigenvalue weighted by atomic mass is 9.82. The van der Waals surface area contributed by atoms with E-state index in [0.29, 0.717) is 0 Å². The van der Waals surface area contributed by atoms with E-state index in [1.165, 1.54) is 108 Å². The summed E-state index contributed by atoms with van der Waals surface area (Å²) in [5, 5.41) is 1.27. The predicted molar refractivity (Wildman–Crippen MR) is 311 cm³/mol. The number of nitrogens with zero attached hydrogens (tertiary/aromatic N) is 2. The maximum Gasteiger partial charge on any atom is 0.0906 e. The smallest absolute Gasteiger partial charge is 0.0906 e. The van der Waals surface area contributed by atoms with Crippen molar-refractivity contribution in [3.63, 3.8) is 0 Å². The number of benzene rings is 8. The van der Waals surface area contributed by atoms with Crippen LogP contribution in [0.3, 0.4) is 0 Å². The van der Waals surface area contributed by atoms with Crippen LogP contribution in [0.1, 0.15) is 114 Å². The third-order valence-corrected chi connectivity index (χ3v) is 17.7. The first-order valence-corrected chi connectivity index (χ1v) is 26.8. The van der Waals surface area contributed by atoms with E-state index in [9.17, 15) is 0 Å². The third-order valence-electron chi connectivity index (χ3n) is 15.6. The van der Waals surface area contributed by atoms with E-state index >= 15 is 0 Å². The van der Waals surface area contributed by atoms with E-state index in [1.807, 2.05) is 11.3 Å². The Labute approximate surface area is 434 Å². The van der Waals surface area contributed by atoms with E-state index in [2.05, 4.69) is 279 Å². The molecule has 2 aliphatic rings. The van der Waals surface area contributed by atoms with Gasteiger partial charge < -0.3 is 9.80 Å². The lowest BCUT2D eigenvalue weighted by Gasteiger charge is -2.35. The van der Waals surface area contributed by atoms with Crippen LogP contribution in [0.5, 0.6) is 0 Å². The quantitative estimate of drug-likeness (QED) is 0.147. The van der Waals surface area contributed by atoms with Crippen LogP contribution in [0.2, 0.25) is 0 Å². The van der Waals surface area contributed by atoms with E-state index in [1.54, 1.807) is 0 Å². The largest absolute Gasteiger partial charge is 0.309 e. The minimum Gasteiger partial charge on any atom is -0.309 e. The maximum absolute atomic E-state index is 2.64. The first-order valence-electron chi connectivity index (χ1n) is 24.9. The summed E-state index contributed by atoms with van der Waals surface area (Å²) in [4.78, 5) is 5.20. The standard InChI is InChI=1S/C66H63IN2S/c1-40-35-45(64(6,7)8)31-34-55(40)69(56-28-20-27-53-60(56)48-24-17-19-26-52(48)65(53,9)10)58-37-43(42-21-14-13-15-22-42)36-57(41(58)2)68(46-32-29-44(30-33-46)63(3,4)5)61-50-38-49-47-23-16-18-25-51(47)66(11,12)54(49)39-59(50)70-62(61)67/h13-39H,1-12H3. The molecular weight excluding hydrogens is 980 g/mol. The lowest BCUT2D eigenvalue weighted by molar-refractivity contribution is 0.589. The second kappa shape index (κ2) is 16.6. The Kier molecular flexibility index (Phi) is 11.0. The zero-order valence-electron chi connectivity index (χ0n) is 42.8. The van der Waals surface area contributed by atoms with Crippen LogP contribution in [-0.4, -0.2) is 0 Å². The van der Waals surface area contributed by atoms with Crippen LogP contribution in [0.4, 0.5) is 34.1 Å². The Morgan fingerprint density at radius 2 is 1.03 bits per heavy atom. The number of thiophene rings is 1. The molecule has 70 heavy (non-hydrogen) atoms. The predicted octanol–water partition coefficient (Wildman–Crippen LogP) is 19.9. The minimum atomic E-state index is -0.159. The Morgan fingerprint density at radius 1 is 0.457 bits per heavy atom. The first-order chi connectivity index (χ1) is 33.2. The highest BCUT2D eigenvalue weighted by Crippen LogP contribution is 2.58. The SMILES string of the molecule is Cc1cc(C(C)(C)C)ccc1N(c1cc(-c2ccccc2)cc(N(c2ccc(C(C)(C)C)cc2)c2c(I)sc3cc4c(cc23)-c2ccccc2C4(C)C)c1C)c1cccc2c1-c1ccccc1C2(C)C. The van der Waals surface area contributed by atoms with Crippen molar-refractivity contribution in [1.82, 2.24) is 0 Å². The van der Waals surface area contributed by atoms with E-state index in [4.69, 9.17) is 0 Å². The summed E-state index contributed by atoms with van der Waals surface area (Å²) in [6.07, 6.45) is 0. The van der Waals surface area contributed by atoms with E-state index in [-0.39, 0.29) is 21.7 Å². The summed E-state index contributed by atoms with van der Waals surface area (Å²) in [5.74, 6) is 0. The van der Waals surface area contributed by atoms with Gasteiger partial charge in [0.2, 0.25) is 0 Å². The molecule has 0 N–H and O–H groups in total. The van der Waals surface area contributed by atoms with Crippen molar-refractivity contribution in [2.45, 2.75) is 105 Å². The molecule has 0 spiro atoms. The fourth-order valence-electron chi connectivity index (χ4n) is 11.6. The Morgan fingerprint density at radius 3 is 1.69 bits per heavy atom. The van der Waals surface area contributed by atoms with Gasteiger partial charge in [0.05, 0.1) is 25.6 Å². The number of rotatable bonds is 7. The van der Waals surface area contributed by atoms with Crippen LogP contribution in [0, 0.1) is 16.7 Å². The van der Waals surface area contributed by atoms with Gasteiger partial charge in [0, 0.05) is 37.9 Å². The van der Waals surface area contributed by atoms with Gasteiger partial charge in [-0.05, 0) is 168 Å². The minimum absolute atomic E-state index is 0.00281. The molecule has 350 valence electrons. The van der Waals surface area contributed by atoms with E-state index < -0.39 is 0 Å². The van der Waals surface area contributed by atoms with Gasteiger partial charge in [0.1, 0.15) is 0 Å². The van der Waals surface area contributed by atoms with Crippen molar-refractivity contribution >= 4 is 78.1 Å². The monoisotopic (exact) mass is 1040 g/mol. The van der Waals surface area contributed by atoms with Crippen LogP contribution >= 0.6 is 33.9 Å². The van der Waals surface area contributed by atoms with Gasteiger partial charge in [-0.3, -0.25) is 0 Å². The number of aryl methyl sites for hydroxylation is 1. The lowest BCUT2D eigenvalue weighted by Crippen LogP contribution is -2.19. The zero-order chi connectivity index (χ0) is 49.2. The molecule has 0 fully saturated rings. The molecule has 0 aliphatic heterocycles. The number of anilines is 6. The molecule has 0 radical (unpaired) electrons. The van der Waals surface area contributed by atoms with Crippen LogP contribution in [-0.2, 0) is 21.7 Å². The highest BCUT2D eigenvalue weighted by molar-refractivity contribution is 14.1. The van der Waals surface area contributed by atoms with Crippen LogP contribution in [0.15, 0.2) is 164 Å². The second-order valence-corrected chi connectivity index (χ2v) is 25.7. The molecule has 0 saturated carbocycles. The van der Waals surface area contributed by atoms with Gasteiger partial charge in [-0.2, -0.15) is 0 Å². The number of hydrogen-bond acceptors (Lipinski definition) is 3. The Hall–Kier alpha value is -5.95. The van der Waals surface area contributed by atoms with Gasteiger partial charge in [-0.15, -0.1) is 11.3 Å². The molecule has 0 unspecified atom stereocenters. The number of fused-ring (bicyclic) bond motifs is 7. The number of hydrogen-bond donors (Lipinski definition) is 0. The van der Waals surface area contributed by atoms with Gasteiger partial charge >= 0.3 is 0 Å². The molecule has 2 nitrogen and oxygen atoms in total. The second-order valence-electron chi connectivity index (χ2n) is 22.9. The van der Waals surface area contributed by atoms with Crippen molar-refractivity contribution in [3.05, 3.63) is 211 Å². The van der Waals surface area contributed by atoms with E-state index in [0.717, 1.165) is 17.1 Å². The zero-order valence-corrected chi connectivity index (χ0v) is 45.7. The molecule has 1 heterocycles. The van der Waals surface area contributed by atoms with Crippen molar-refractivity contribution in [2.24, 2.45) is 0 Å². The molecule has 0 atom stereocenters. The Balaban J connectivity index is 1.24. The average molecular weight is 1040 g/mol. The molecule has 4 heteroatoms. The number of halogens is 1. The summed E-state index contributed by atoms with van der Waals surface area (Å²) in [6, 6.07) is 62.6.